The summed E-state index contributed by atoms with van der Waals surface area (Å²) in [6, 6.07) is 10.6. The van der Waals surface area contributed by atoms with Crippen LogP contribution in [0.1, 0.15) is 11.1 Å². The maximum atomic E-state index is 14.1. The lowest BCUT2D eigenvalue weighted by molar-refractivity contribution is -0.134. The zero-order valence-corrected chi connectivity index (χ0v) is 13.1. The van der Waals surface area contributed by atoms with Gasteiger partial charge >= 0.3 is 5.97 Å². The van der Waals surface area contributed by atoms with Crippen LogP contribution in [-0.4, -0.2) is 18.1 Å². The molecular weight excluding hydrogens is 326 g/mol. The average molecular weight is 338 g/mol. The number of H-pyrrole nitrogens is 1. The molecule has 1 N–H and O–H groups in total. The number of benzene rings is 2. The molecule has 0 bridgehead atoms. The highest BCUT2D eigenvalue weighted by atomic mass is 19.1. The number of carbonyl (C=O) groups is 1. The van der Waals surface area contributed by atoms with Gasteiger partial charge in [0.2, 0.25) is 0 Å². The van der Waals surface area contributed by atoms with E-state index >= 15 is 0 Å². The number of halogens is 2. The van der Waals surface area contributed by atoms with Gasteiger partial charge in [0.05, 0.1) is 30.0 Å². The van der Waals surface area contributed by atoms with E-state index in [9.17, 15) is 13.6 Å². The lowest BCUT2D eigenvalue weighted by Crippen LogP contribution is -1.93. The summed E-state index contributed by atoms with van der Waals surface area (Å²) < 4.78 is 32.3. The molecule has 0 aliphatic heterocycles. The van der Waals surface area contributed by atoms with Crippen LogP contribution in [0.4, 0.5) is 8.78 Å². The molecule has 0 amide bonds. The van der Waals surface area contributed by atoms with Crippen LogP contribution < -0.4 is 0 Å². The molecule has 0 aliphatic rings. The summed E-state index contributed by atoms with van der Waals surface area (Å²) in [5.74, 6) is -2.04. The molecular formula is C19H12F2N2O2. The first-order valence-electron chi connectivity index (χ1n) is 7.30. The quantitative estimate of drug-likeness (QED) is 0.576. The third-order valence-electron chi connectivity index (χ3n) is 3.75. The summed E-state index contributed by atoms with van der Waals surface area (Å²) in [6.45, 7) is 0. The second-order valence-corrected chi connectivity index (χ2v) is 5.27. The van der Waals surface area contributed by atoms with Crippen LogP contribution in [-0.2, 0) is 9.53 Å². The Labute approximate surface area is 142 Å². The van der Waals surface area contributed by atoms with Crippen molar-refractivity contribution in [2.45, 2.75) is 0 Å². The Hall–Kier alpha value is -3.46. The zero-order valence-electron chi connectivity index (χ0n) is 13.1. The number of nitriles is 1. The van der Waals surface area contributed by atoms with Gasteiger partial charge in [0.15, 0.2) is 0 Å². The summed E-state index contributed by atoms with van der Waals surface area (Å²) in [4.78, 5) is 14.3. The molecule has 4 nitrogen and oxygen atoms in total. The SMILES string of the molecule is COC(=O)/C=C/c1c(-c2ccc(C#N)cc2)[nH]c2c(F)cc(F)cc12. The van der Waals surface area contributed by atoms with Gasteiger partial charge in [-0.1, -0.05) is 12.1 Å². The Bertz CT molecular complexity index is 1030. The standard InChI is InChI=1S/C19H12F2N2O2/c1-25-17(24)7-6-14-15-8-13(20)9-16(21)19(15)23-18(14)12-4-2-11(10-22)3-5-12/h2-9,23H,1H3/b7-6+. The van der Waals surface area contributed by atoms with Gasteiger partial charge in [-0.15, -0.1) is 0 Å². The number of methoxy groups -OCH3 is 1. The van der Waals surface area contributed by atoms with Crippen molar-refractivity contribution < 1.29 is 18.3 Å². The van der Waals surface area contributed by atoms with Gasteiger partial charge in [-0.2, -0.15) is 5.26 Å². The van der Waals surface area contributed by atoms with Crippen LogP contribution in [0.5, 0.6) is 0 Å². The molecule has 0 spiro atoms. The van der Waals surface area contributed by atoms with Gasteiger partial charge in [0.1, 0.15) is 11.6 Å². The predicted molar refractivity (Wildman–Crippen MR) is 89.4 cm³/mol. The van der Waals surface area contributed by atoms with Crippen molar-refractivity contribution in [2.75, 3.05) is 7.11 Å². The lowest BCUT2D eigenvalue weighted by Gasteiger charge is -2.01. The van der Waals surface area contributed by atoms with Crippen molar-refractivity contribution in [3.63, 3.8) is 0 Å². The fraction of sp³-hybridized carbons (Fsp3) is 0.0526. The van der Waals surface area contributed by atoms with E-state index in [-0.39, 0.29) is 5.52 Å². The van der Waals surface area contributed by atoms with Crippen molar-refractivity contribution in [1.82, 2.24) is 4.98 Å². The summed E-state index contributed by atoms with van der Waals surface area (Å²) in [5.41, 5.74) is 2.22. The summed E-state index contributed by atoms with van der Waals surface area (Å²) >= 11 is 0. The summed E-state index contributed by atoms with van der Waals surface area (Å²) in [5, 5.41) is 9.20. The molecule has 2 aromatic carbocycles. The fourth-order valence-corrected chi connectivity index (χ4v) is 2.57. The van der Waals surface area contributed by atoms with Crippen LogP contribution in [0.25, 0.3) is 28.2 Å². The Balaban J connectivity index is 2.25. The number of aromatic nitrogens is 1. The van der Waals surface area contributed by atoms with E-state index in [0.29, 0.717) is 27.8 Å². The number of esters is 1. The first kappa shape index (κ1) is 16.4. The second kappa shape index (κ2) is 6.57. The van der Waals surface area contributed by atoms with Crippen LogP contribution in [0.15, 0.2) is 42.5 Å². The highest BCUT2D eigenvalue weighted by Crippen LogP contribution is 2.33. The zero-order chi connectivity index (χ0) is 18.0. The minimum Gasteiger partial charge on any atom is -0.466 e. The number of nitrogens with zero attached hydrogens (tertiary/aromatic N) is 1. The second-order valence-electron chi connectivity index (χ2n) is 5.27. The first-order valence-corrected chi connectivity index (χ1v) is 7.30. The lowest BCUT2D eigenvalue weighted by atomic mass is 10.0. The monoisotopic (exact) mass is 338 g/mol. The summed E-state index contributed by atoms with van der Waals surface area (Å²) in [6.07, 6.45) is 2.62. The van der Waals surface area contributed by atoms with Gasteiger partial charge in [0, 0.05) is 23.1 Å². The Morgan fingerprint density at radius 3 is 2.60 bits per heavy atom. The van der Waals surface area contributed by atoms with E-state index in [1.54, 1.807) is 24.3 Å². The van der Waals surface area contributed by atoms with Gasteiger partial charge in [0.25, 0.3) is 0 Å². The largest absolute Gasteiger partial charge is 0.466 e. The number of carbonyl (C=O) groups excluding carboxylic acids is 1. The van der Waals surface area contributed by atoms with Crippen LogP contribution in [0.3, 0.4) is 0 Å². The molecule has 25 heavy (non-hydrogen) atoms. The molecule has 1 aromatic heterocycles. The normalized spacial score (nSPS) is 11.0. The molecule has 0 saturated heterocycles. The molecule has 3 aromatic rings. The average Bonchev–Trinajstić information content (AvgIpc) is 2.98. The first-order chi connectivity index (χ1) is 12.0. The fourth-order valence-electron chi connectivity index (χ4n) is 2.57. The molecule has 3 rings (SSSR count). The van der Waals surface area contributed by atoms with E-state index < -0.39 is 17.6 Å². The number of hydrogen-bond donors (Lipinski definition) is 1. The van der Waals surface area contributed by atoms with Crippen LogP contribution >= 0.6 is 0 Å². The summed E-state index contributed by atoms with van der Waals surface area (Å²) in [7, 11) is 1.24. The van der Waals surface area contributed by atoms with E-state index in [1.807, 2.05) is 6.07 Å². The number of hydrogen-bond acceptors (Lipinski definition) is 3. The third kappa shape index (κ3) is 3.12. The van der Waals surface area contributed by atoms with Crippen LogP contribution in [0.2, 0.25) is 0 Å². The van der Waals surface area contributed by atoms with E-state index in [2.05, 4.69) is 9.72 Å². The molecule has 0 saturated carbocycles. The Morgan fingerprint density at radius 2 is 1.96 bits per heavy atom. The highest BCUT2D eigenvalue weighted by molar-refractivity contribution is 6.00. The van der Waals surface area contributed by atoms with Gasteiger partial charge in [-0.3, -0.25) is 0 Å². The molecule has 1 heterocycles. The molecule has 0 radical (unpaired) electrons. The van der Waals surface area contributed by atoms with Gasteiger partial charge in [-0.25, -0.2) is 13.6 Å². The van der Waals surface area contributed by atoms with Gasteiger partial charge < -0.3 is 9.72 Å². The van der Waals surface area contributed by atoms with Crippen molar-refractivity contribution >= 4 is 22.9 Å². The van der Waals surface area contributed by atoms with E-state index in [1.165, 1.54) is 25.3 Å². The smallest absolute Gasteiger partial charge is 0.330 e. The Kier molecular flexibility index (Phi) is 4.31. The minimum atomic E-state index is -0.734. The Morgan fingerprint density at radius 1 is 1.24 bits per heavy atom. The number of fused-ring (bicyclic) bond motifs is 1. The topological polar surface area (TPSA) is 65.9 Å². The molecule has 124 valence electrons. The van der Waals surface area contributed by atoms with E-state index in [0.717, 1.165) is 6.07 Å². The molecule has 0 atom stereocenters. The number of rotatable bonds is 3. The molecule has 0 aliphatic carbocycles. The van der Waals surface area contributed by atoms with Crippen LogP contribution in [0, 0.1) is 23.0 Å². The number of ether oxygens (including phenoxy) is 1. The molecule has 6 heteroatoms. The van der Waals surface area contributed by atoms with Gasteiger partial charge in [-0.05, 0) is 29.8 Å². The maximum Gasteiger partial charge on any atom is 0.330 e. The number of nitrogens with one attached hydrogen (secondary N) is 1. The van der Waals surface area contributed by atoms with Crippen molar-refractivity contribution in [3.05, 3.63) is 65.2 Å². The van der Waals surface area contributed by atoms with Crippen molar-refractivity contribution in [3.8, 4) is 17.3 Å². The van der Waals surface area contributed by atoms with Crippen molar-refractivity contribution in [2.24, 2.45) is 0 Å². The highest BCUT2D eigenvalue weighted by Gasteiger charge is 2.16. The predicted octanol–water partition coefficient (Wildman–Crippen LogP) is 4.17. The molecule has 0 fully saturated rings. The number of aromatic amines is 1. The minimum absolute atomic E-state index is 0.130. The molecule has 0 unspecified atom stereocenters. The third-order valence-corrected chi connectivity index (χ3v) is 3.75. The maximum absolute atomic E-state index is 14.1. The van der Waals surface area contributed by atoms with E-state index in [4.69, 9.17) is 5.26 Å². The van der Waals surface area contributed by atoms with Crippen molar-refractivity contribution in [1.29, 1.82) is 5.26 Å².